The smallest absolute Gasteiger partial charge is 0.235 e. The van der Waals surface area contributed by atoms with E-state index in [0.29, 0.717) is 0 Å². The maximum Gasteiger partial charge on any atom is 0.235 e. The maximum absolute atomic E-state index is 13.1. The molecule has 1 fully saturated rings. The quantitative estimate of drug-likeness (QED) is 0.813. The van der Waals surface area contributed by atoms with E-state index in [1.807, 2.05) is 18.2 Å². The fourth-order valence-electron chi connectivity index (χ4n) is 3.24. The van der Waals surface area contributed by atoms with Crippen molar-refractivity contribution in [2.75, 3.05) is 18.4 Å². The van der Waals surface area contributed by atoms with Gasteiger partial charge in [0.25, 0.3) is 0 Å². The van der Waals surface area contributed by atoms with Crippen molar-refractivity contribution in [2.45, 2.75) is 38.6 Å². The van der Waals surface area contributed by atoms with Gasteiger partial charge in [0.15, 0.2) is 0 Å². The Labute approximate surface area is 148 Å². The molecule has 0 aliphatic heterocycles. The fourth-order valence-corrected chi connectivity index (χ4v) is 3.24. The van der Waals surface area contributed by atoms with Crippen LogP contribution in [0, 0.1) is 5.82 Å². The molecule has 0 bridgehead atoms. The number of nitrogens with zero attached hydrogens (tertiary/aromatic N) is 1. The number of halogens is 1. The van der Waals surface area contributed by atoms with Crippen molar-refractivity contribution in [3.63, 3.8) is 0 Å². The molecular formula is C21H25FN2O. The van der Waals surface area contributed by atoms with Crippen LogP contribution < -0.4 is 5.32 Å². The van der Waals surface area contributed by atoms with Crippen LogP contribution in [0.5, 0.6) is 0 Å². The van der Waals surface area contributed by atoms with E-state index in [-0.39, 0.29) is 11.7 Å². The molecule has 1 aliphatic carbocycles. The van der Waals surface area contributed by atoms with Gasteiger partial charge < -0.3 is 5.32 Å². The fraction of sp³-hybridized carbons (Fsp3) is 0.381. The van der Waals surface area contributed by atoms with Crippen LogP contribution >= 0.6 is 0 Å². The summed E-state index contributed by atoms with van der Waals surface area (Å²) < 4.78 is 13.1. The lowest BCUT2D eigenvalue weighted by Crippen LogP contribution is -2.28. The third-order valence-corrected chi connectivity index (χ3v) is 5.07. The summed E-state index contributed by atoms with van der Waals surface area (Å²) in [6, 6.07) is 14.3. The predicted molar refractivity (Wildman–Crippen MR) is 99.0 cm³/mol. The normalized spacial score (nSPS) is 15.2. The number of anilines is 1. The first kappa shape index (κ1) is 17.6. The van der Waals surface area contributed by atoms with Gasteiger partial charge in [0.2, 0.25) is 5.91 Å². The first-order valence-corrected chi connectivity index (χ1v) is 8.96. The van der Waals surface area contributed by atoms with E-state index in [1.165, 1.54) is 17.7 Å². The van der Waals surface area contributed by atoms with Crippen LogP contribution in [-0.4, -0.2) is 23.9 Å². The standard InChI is InChI=1S/C21H25FN2O/c1-3-24(4-2)15-16-6-5-7-19(14-16)23-20(25)21(12-13-21)17-8-10-18(22)11-9-17/h5-11,14H,3-4,12-13,15H2,1-2H3,(H,23,25). The lowest BCUT2D eigenvalue weighted by Gasteiger charge is -2.19. The number of amides is 1. The predicted octanol–water partition coefficient (Wildman–Crippen LogP) is 4.34. The largest absolute Gasteiger partial charge is 0.325 e. The molecular weight excluding hydrogens is 315 g/mol. The Bertz CT molecular complexity index is 734. The number of benzene rings is 2. The monoisotopic (exact) mass is 340 g/mol. The third-order valence-electron chi connectivity index (χ3n) is 5.07. The van der Waals surface area contributed by atoms with Gasteiger partial charge in [-0.1, -0.05) is 38.1 Å². The van der Waals surface area contributed by atoms with Crippen LogP contribution in [-0.2, 0) is 16.8 Å². The van der Waals surface area contributed by atoms with E-state index >= 15 is 0 Å². The summed E-state index contributed by atoms with van der Waals surface area (Å²) >= 11 is 0. The van der Waals surface area contributed by atoms with Gasteiger partial charge in [0, 0.05) is 12.2 Å². The number of rotatable bonds is 7. The molecule has 0 radical (unpaired) electrons. The van der Waals surface area contributed by atoms with E-state index < -0.39 is 5.41 Å². The topological polar surface area (TPSA) is 32.3 Å². The van der Waals surface area contributed by atoms with Crippen LogP contribution in [0.3, 0.4) is 0 Å². The second-order valence-electron chi connectivity index (χ2n) is 6.70. The zero-order chi connectivity index (χ0) is 17.9. The van der Waals surface area contributed by atoms with E-state index in [9.17, 15) is 9.18 Å². The van der Waals surface area contributed by atoms with Crippen molar-refractivity contribution < 1.29 is 9.18 Å². The van der Waals surface area contributed by atoms with E-state index in [2.05, 4.69) is 30.1 Å². The van der Waals surface area contributed by atoms with Crippen molar-refractivity contribution >= 4 is 11.6 Å². The summed E-state index contributed by atoms with van der Waals surface area (Å²) in [5.74, 6) is -0.275. The maximum atomic E-state index is 13.1. The molecule has 0 unspecified atom stereocenters. The number of carbonyl (C=O) groups excluding carboxylic acids is 1. The Balaban J connectivity index is 1.72. The van der Waals surface area contributed by atoms with Crippen LogP contribution in [0.15, 0.2) is 48.5 Å². The summed E-state index contributed by atoms with van der Waals surface area (Å²) in [4.78, 5) is 15.1. The summed E-state index contributed by atoms with van der Waals surface area (Å²) in [6.07, 6.45) is 1.62. The average molecular weight is 340 g/mol. The lowest BCUT2D eigenvalue weighted by molar-refractivity contribution is -0.118. The molecule has 132 valence electrons. The Kier molecular flexibility index (Phi) is 5.19. The molecule has 4 heteroatoms. The highest BCUT2D eigenvalue weighted by Crippen LogP contribution is 2.49. The first-order chi connectivity index (χ1) is 12.1. The molecule has 0 atom stereocenters. The van der Waals surface area contributed by atoms with Gasteiger partial charge in [0.05, 0.1) is 5.41 Å². The summed E-state index contributed by atoms with van der Waals surface area (Å²) in [5.41, 5.74) is 2.41. The van der Waals surface area contributed by atoms with Crippen LogP contribution in [0.2, 0.25) is 0 Å². The molecule has 0 spiro atoms. The first-order valence-electron chi connectivity index (χ1n) is 8.96. The highest BCUT2D eigenvalue weighted by molar-refractivity contribution is 6.01. The second-order valence-corrected chi connectivity index (χ2v) is 6.70. The van der Waals surface area contributed by atoms with Gasteiger partial charge in [-0.2, -0.15) is 0 Å². The molecule has 0 heterocycles. The lowest BCUT2D eigenvalue weighted by atomic mass is 9.95. The average Bonchev–Trinajstić information content (AvgIpc) is 3.42. The number of hydrogen-bond acceptors (Lipinski definition) is 2. The molecule has 1 N–H and O–H groups in total. The molecule has 0 aromatic heterocycles. The highest BCUT2D eigenvalue weighted by Gasteiger charge is 2.51. The zero-order valence-corrected chi connectivity index (χ0v) is 14.9. The van der Waals surface area contributed by atoms with Crippen LogP contribution in [0.1, 0.15) is 37.8 Å². The van der Waals surface area contributed by atoms with Crippen molar-refractivity contribution in [1.29, 1.82) is 0 Å². The van der Waals surface area contributed by atoms with E-state index in [1.54, 1.807) is 12.1 Å². The zero-order valence-electron chi connectivity index (χ0n) is 14.9. The Morgan fingerprint density at radius 3 is 2.40 bits per heavy atom. The van der Waals surface area contributed by atoms with Crippen molar-refractivity contribution in [2.24, 2.45) is 0 Å². The minimum absolute atomic E-state index is 0.000836. The van der Waals surface area contributed by atoms with Gasteiger partial charge in [-0.25, -0.2) is 4.39 Å². The Morgan fingerprint density at radius 2 is 1.80 bits per heavy atom. The van der Waals surface area contributed by atoms with Gasteiger partial charge in [-0.05, 0) is 61.3 Å². The summed E-state index contributed by atoms with van der Waals surface area (Å²) in [5, 5.41) is 3.06. The molecule has 0 saturated heterocycles. The van der Waals surface area contributed by atoms with E-state index in [0.717, 1.165) is 43.7 Å². The molecule has 3 nitrogen and oxygen atoms in total. The van der Waals surface area contributed by atoms with E-state index in [4.69, 9.17) is 0 Å². The Morgan fingerprint density at radius 1 is 1.12 bits per heavy atom. The van der Waals surface area contributed by atoms with Crippen LogP contribution in [0.4, 0.5) is 10.1 Å². The van der Waals surface area contributed by atoms with Gasteiger partial charge >= 0.3 is 0 Å². The molecule has 1 saturated carbocycles. The molecule has 25 heavy (non-hydrogen) atoms. The minimum Gasteiger partial charge on any atom is -0.325 e. The minimum atomic E-state index is -0.497. The van der Waals surface area contributed by atoms with Gasteiger partial charge in [-0.15, -0.1) is 0 Å². The number of carbonyl (C=O) groups is 1. The van der Waals surface area contributed by atoms with Gasteiger partial charge in [-0.3, -0.25) is 9.69 Å². The SMILES string of the molecule is CCN(CC)Cc1cccc(NC(=O)C2(c3ccc(F)cc3)CC2)c1. The van der Waals surface area contributed by atoms with Crippen LogP contribution in [0.25, 0.3) is 0 Å². The summed E-state index contributed by atoms with van der Waals surface area (Å²) in [6.45, 7) is 7.17. The summed E-state index contributed by atoms with van der Waals surface area (Å²) in [7, 11) is 0. The Hall–Kier alpha value is -2.20. The van der Waals surface area contributed by atoms with Gasteiger partial charge in [0.1, 0.15) is 5.82 Å². The second kappa shape index (κ2) is 7.36. The molecule has 2 aromatic rings. The third kappa shape index (κ3) is 3.90. The molecule has 1 amide bonds. The van der Waals surface area contributed by atoms with Crippen molar-refractivity contribution in [3.05, 3.63) is 65.5 Å². The molecule has 1 aliphatic rings. The van der Waals surface area contributed by atoms with Crippen molar-refractivity contribution in [1.82, 2.24) is 4.90 Å². The molecule has 3 rings (SSSR count). The number of hydrogen-bond donors (Lipinski definition) is 1. The molecule has 2 aromatic carbocycles. The highest BCUT2D eigenvalue weighted by atomic mass is 19.1. The number of nitrogens with one attached hydrogen (secondary N) is 1. The van der Waals surface area contributed by atoms with Crippen molar-refractivity contribution in [3.8, 4) is 0 Å².